The standard InChI is InChI=1S/C22H26FN5O2S/c1-29-19-10-9-16(12-18(19)23)28(13-15-6-3-2-4-7-15)21-25-20(24)26-22(27-21)30-14-17-8-5-11-31-17/h5,8-12,15H,2-4,6-7,13-14H2,1H3,(H2,24,25,26,27). The number of nitrogen functional groups attached to an aromatic ring is 1. The molecule has 1 fully saturated rings. The monoisotopic (exact) mass is 443 g/mol. The van der Waals surface area contributed by atoms with Gasteiger partial charge in [0.05, 0.1) is 7.11 Å². The van der Waals surface area contributed by atoms with Gasteiger partial charge in [-0.1, -0.05) is 25.3 Å². The molecule has 0 unspecified atom stereocenters. The van der Waals surface area contributed by atoms with Crippen LogP contribution in [0.25, 0.3) is 0 Å². The van der Waals surface area contributed by atoms with E-state index in [-0.39, 0.29) is 17.7 Å². The largest absolute Gasteiger partial charge is 0.494 e. The Kier molecular flexibility index (Phi) is 6.81. The van der Waals surface area contributed by atoms with Crippen LogP contribution in [-0.2, 0) is 6.61 Å². The summed E-state index contributed by atoms with van der Waals surface area (Å²) in [4.78, 5) is 15.9. The molecule has 0 atom stereocenters. The molecule has 31 heavy (non-hydrogen) atoms. The lowest BCUT2D eigenvalue weighted by Crippen LogP contribution is -2.28. The van der Waals surface area contributed by atoms with Crippen molar-refractivity contribution in [1.29, 1.82) is 0 Å². The van der Waals surface area contributed by atoms with E-state index in [0.29, 0.717) is 30.7 Å². The second-order valence-electron chi connectivity index (χ2n) is 7.58. The van der Waals surface area contributed by atoms with Gasteiger partial charge < -0.3 is 20.1 Å². The summed E-state index contributed by atoms with van der Waals surface area (Å²) < 4.78 is 25.3. The van der Waals surface area contributed by atoms with Crippen LogP contribution in [0, 0.1) is 11.7 Å². The van der Waals surface area contributed by atoms with E-state index in [2.05, 4.69) is 15.0 Å². The molecule has 9 heteroatoms. The minimum absolute atomic E-state index is 0.0637. The molecular formula is C22H26FN5O2S. The highest BCUT2D eigenvalue weighted by molar-refractivity contribution is 7.09. The highest BCUT2D eigenvalue weighted by Gasteiger charge is 2.23. The van der Waals surface area contributed by atoms with Crippen LogP contribution in [-0.4, -0.2) is 28.6 Å². The fourth-order valence-electron chi connectivity index (χ4n) is 3.83. The lowest BCUT2D eigenvalue weighted by molar-refractivity contribution is 0.283. The molecule has 7 nitrogen and oxygen atoms in total. The zero-order chi connectivity index (χ0) is 21.6. The van der Waals surface area contributed by atoms with Gasteiger partial charge in [0.15, 0.2) is 11.6 Å². The van der Waals surface area contributed by atoms with Crippen molar-refractivity contribution in [3.63, 3.8) is 0 Å². The minimum atomic E-state index is -0.440. The Morgan fingerprint density at radius 2 is 2.00 bits per heavy atom. The van der Waals surface area contributed by atoms with Crippen molar-refractivity contribution in [1.82, 2.24) is 15.0 Å². The highest BCUT2D eigenvalue weighted by Crippen LogP contribution is 2.32. The molecule has 0 saturated heterocycles. The zero-order valence-corrected chi connectivity index (χ0v) is 18.3. The van der Waals surface area contributed by atoms with Crippen LogP contribution >= 0.6 is 11.3 Å². The molecule has 1 aliphatic rings. The van der Waals surface area contributed by atoms with Crippen LogP contribution in [0.2, 0.25) is 0 Å². The Bertz CT molecular complexity index is 996. The number of anilines is 3. The third-order valence-corrected chi connectivity index (χ3v) is 6.25. The molecule has 1 aromatic carbocycles. The summed E-state index contributed by atoms with van der Waals surface area (Å²) in [6.07, 6.45) is 5.90. The third kappa shape index (κ3) is 5.41. The van der Waals surface area contributed by atoms with E-state index in [4.69, 9.17) is 15.2 Å². The maximum Gasteiger partial charge on any atom is 0.323 e. The molecular weight excluding hydrogens is 417 g/mol. The highest BCUT2D eigenvalue weighted by atomic mass is 32.1. The fourth-order valence-corrected chi connectivity index (χ4v) is 4.45. The van der Waals surface area contributed by atoms with E-state index in [1.54, 1.807) is 23.5 Å². The molecule has 0 amide bonds. The van der Waals surface area contributed by atoms with Gasteiger partial charge in [-0.3, -0.25) is 0 Å². The average molecular weight is 444 g/mol. The van der Waals surface area contributed by atoms with E-state index in [0.717, 1.165) is 17.7 Å². The van der Waals surface area contributed by atoms with Gasteiger partial charge in [0.2, 0.25) is 11.9 Å². The molecule has 0 spiro atoms. The van der Waals surface area contributed by atoms with Gasteiger partial charge >= 0.3 is 6.01 Å². The number of aromatic nitrogens is 3. The Hall–Kier alpha value is -2.94. The number of halogens is 1. The SMILES string of the molecule is COc1ccc(N(CC2CCCCC2)c2nc(N)nc(OCc3cccs3)n2)cc1F. The first-order chi connectivity index (χ1) is 15.1. The molecule has 0 bridgehead atoms. The number of nitrogens with zero attached hydrogens (tertiary/aromatic N) is 4. The number of ether oxygens (including phenoxy) is 2. The van der Waals surface area contributed by atoms with Crippen molar-refractivity contribution >= 4 is 28.9 Å². The second-order valence-corrected chi connectivity index (χ2v) is 8.61. The fraction of sp³-hybridized carbons (Fsp3) is 0.409. The van der Waals surface area contributed by atoms with Gasteiger partial charge in [-0.15, -0.1) is 11.3 Å². The average Bonchev–Trinajstić information content (AvgIpc) is 3.30. The Morgan fingerprint density at radius 1 is 1.16 bits per heavy atom. The summed E-state index contributed by atoms with van der Waals surface area (Å²) in [7, 11) is 1.45. The first kappa shape index (κ1) is 21.3. The van der Waals surface area contributed by atoms with Crippen LogP contribution in [0.1, 0.15) is 37.0 Å². The van der Waals surface area contributed by atoms with Crippen molar-refractivity contribution in [2.45, 2.75) is 38.7 Å². The van der Waals surface area contributed by atoms with E-state index < -0.39 is 5.82 Å². The normalized spacial score (nSPS) is 14.4. The van der Waals surface area contributed by atoms with Crippen LogP contribution in [0.4, 0.5) is 22.0 Å². The molecule has 0 aliphatic heterocycles. The van der Waals surface area contributed by atoms with E-state index >= 15 is 0 Å². The predicted octanol–water partition coefficient (Wildman–Crippen LogP) is 4.96. The predicted molar refractivity (Wildman–Crippen MR) is 119 cm³/mol. The Labute approximate surface area is 185 Å². The van der Waals surface area contributed by atoms with Crippen LogP contribution in [0.15, 0.2) is 35.7 Å². The van der Waals surface area contributed by atoms with Crippen LogP contribution < -0.4 is 20.1 Å². The summed E-state index contributed by atoms with van der Waals surface area (Å²) in [5, 5.41) is 1.98. The molecule has 164 valence electrons. The minimum Gasteiger partial charge on any atom is -0.494 e. The maximum atomic E-state index is 14.5. The van der Waals surface area contributed by atoms with Crippen molar-refractivity contribution in [2.75, 3.05) is 24.3 Å². The zero-order valence-electron chi connectivity index (χ0n) is 17.5. The van der Waals surface area contributed by atoms with E-state index in [9.17, 15) is 4.39 Å². The van der Waals surface area contributed by atoms with Gasteiger partial charge in [0.25, 0.3) is 0 Å². The quantitative estimate of drug-likeness (QED) is 0.526. The molecule has 3 aromatic rings. The first-order valence-electron chi connectivity index (χ1n) is 10.4. The summed E-state index contributed by atoms with van der Waals surface area (Å²) in [6.45, 7) is 1.01. The van der Waals surface area contributed by atoms with Gasteiger partial charge in [0.1, 0.15) is 6.61 Å². The van der Waals surface area contributed by atoms with Gasteiger partial charge in [-0.2, -0.15) is 15.0 Å². The topological polar surface area (TPSA) is 86.4 Å². The molecule has 2 aromatic heterocycles. The molecule has 1 saturated carbocycles. The number of hydrogen-bond donors (Lipinski definition) is 1. The number of methoxy groups -OCH3 is 1. The number of thiophene rings is 1. The second kappa shape index (κ2) is 9.91. The van der Waals surface area contributed by atoms with E-state index in [1.807, 2.05) is 22.4 Å². The third-order valence-electron chi connectivity index (χ3n) is 5.40. The molecule has 2 heterocycles. The van der Waals surface area contributed by atoms with Gasteiger partial charge in [0, 0.05) is 23.2 Å². The molecule has 0 radical (unpaired) electrons. The summed E-state index contributed by atoms with van der Waals surface area (Å²) >= 11 is 1.59. The van der Waals surface area contributed by atoms with Crippen LogP contribution in [0.3, 0.4) is 0 Å². The lowest BCUT2D eigenvalue weighted by Gasteiger charge is -2.30. The number of benzene rings is 1. The Balaban J connectivity index is 1.64. The first-order valence-corrected chi connectivity index (χ1v) is 11.3. The van der Waals surface area contributed by atoms with Gasteiger partial charge in [-0.05, 0) is 42.3 Å². The van der Waals surface area contributed by atoms with Gasteiger partial charge in [-0.25, -0.2) is 4.39 Å². The molecule has 4 rings (SSSR count). The van der Waals surface area contributed by atoms with Crippen molar-refractivity contribution in [3.8, 4) is 11.8 Å². The van der Waals surface area contributed by atoms with Crippen LogP contribution in [0.5, 0.6) is 11.8 Å². The number of rotatable bonds is 8. The summed E-state index contributed by atoms with van der Waals surface area (Å²) in [6, 6.07) is 8.94. The molecule has 2 N–H and O–H groups in total. The smallest absolute Gasteiger partial charge is 0.323 e. The maximum absolute atomic E-state index is 14.5. The van der Waals surface area contributed by atoms with Crippen molar-refractivity contribution in [2.24, 2.45) is 5.92 Å². The van der Waals surface area contributed by atoms with Crippen molar-refractivity contribution < 1.29 is 13.9 Å². The molecule has 1 aliphatic carbocycles. The lowest BCUT2D eigenvalue weighted by atomic mass is 9.89. The van der Waals surface area contributed by atoms with Crippen molar-refractivity contribution in [3.05, 3.63) is 46.4 Å². The summed E-state index contributed by atoms with van der Waals surface area (Å²) in [5.74, 6) is 0.631. The van der Waals surface area contributed by atoms with E-state index in [1.165, 1.54) is 32.4 Å². The Morgan fingerprint density at radius 3 is 2.71 bits per heavy atom. The summed E-state index contributed by atoms with van der Waals surface area (Å²) in [5.41, 5.74) is 6.61. The number of nitrogens with two attached hydrogens (primary N) is 1. The number of hydrogen-bond acceptors (Lipinski definition) is 8.